The van der Waals surface area contributed by atoms with Gasteiger partial charge in [-0.15, -0.1) is 0 Å². The van der Waals surface area contributed by atoms with Crippen LogP contribution in [0.25, 0.3) is 0 Å². The molecule has 0 aliphatic heterocycles. The summed E-state index contributed by atoms with van der Waals surface area (Å²) in [4.78, 5) is 4.58. The molecule has 1 aliphatic carbocycles. The third-order valence-electron chi connectivity index (χ3n) is 2.38. The van der Waals surface area contributed by atoms with Crippen LogP contribution in [-0.4, -0.2) is 18.8 Å². The number of nitrogens with two attached hydrogens (primary N) is 1. The van der Waals surface area contributed by atoms with E-state index in [0.29, 0.717) is 0 Å². The van der Waals surface area contributed by atoms with Crippen molar-refractivity contribution >= 4 is 5.71 Å². The average molecular weight is 168 g/mol. The maximum absolute atomic E-state index is 5.40. The summed E-state index contributed by atoms with van der Waals surface area (Å²) in [5, 5.41) is 0. The summed E-state index contributed by atoms with van der Waals surface area (Å²) in [5.41, 5.74) is 6.86. The van der Waals surface area contributed by atoms with Crippen molar-refractivity contribution < 1.29 is 0 Å². The molecule has 0 heterocycles. The van der Waals surface area contributed by atoms with Crippen LogP contribution in [0.15, 0.2) is 4.99 Å². The lowest BCUT2D eigenvalue weighted by Crippen LogP contribution is -2.06. The molecule has 12 heavy (non-hydrogen) atoms. The Morgan fingerprint density at radius 1 is 1.08 bits per heavy atom. The average Bonchev–Trinajstić information content (AvgIpc) is 2.14. The lowest BCUT2D eigenvalue weighted by molar-refractivity contribution is 0.659. The molecule has 0 saturated heterocycles. The van der Waals surface area contributed by atoms with Crippen LogP contribution in [0, 0.1) is 0 Å². The zero-order valence-corrected chi connectivity index (χ0v) is 7.89. The fraction of sp³-hybridized carbons (Fsp3) is 0.900. The van der Waals surface area contributed by atoms with Crippen molar-refractivity contribution in [3.05, 3.63) is 0 Å². The first-order valence-corrected chi connectivity index (χ1v) is 5.16. The second-order valence-electron chi connectivity index (χ2n) is 3.50. The van der Waals surface area contributed by atoms with E-state index < -0.39 is 0 Å². The van der Waals surface area contributed by atoms with Crippen LogP contribution in [0.4, 0.5) is 0 Å². The van der Waals surface area contributed by atoms with Gasteiger partial charge in [-0.05, 0) is 45.1 Å². The number of nitrogens with zero attached hydrogens (tertiary/aromatic N) is 1. The molecule has 0 unspecified atom stereocenters. The minimum Gasteiger partial charge on any atom is -0.330 e. The van der Waals surface area contributed by atoms with Crippen LogP contribution in [0.5, 0.6) is 0 Å². The highest BCUT2D eigenvalue weighted by Crippen LogP contribution is 2.14. The van der Waals surface area contributed by atoms with E-state index >= 15 is 0 Å². The zero-order chi connectivity index (χ0) is 8.65. The van der Waals surface area contributed by atoms with Gasteiger partial charge in [0.05, 0.1) is 0 Å². The maximum Gasteiger partial charge on any atom is 0.0389 e. The van der Waals surface area contributed by atoms with E-state index in [0.717, 1.165) is 19.5 Å². The van der Waals surface area contributed by atoms with Crippen molar-refractivity contribution in [3.8, 4) is 0 Å². The Kier molecular flexibility index (Phi) is 5.00. The molecule has 1 saturated carbocycles. The predicted octanol–water partition coefficient (Wildman–Crippen LogP) is 2.13. The zero-order valence-electron chi connectivity index (χ0n) is 7.89. The SMILES string of the molecule is NCCCCN=C1CCCCC1. The Labute approximate surface area is 75.3 Å². The maximum atomic E-state index is 5.40. The molecule has 0 atom stereocenters. The second-order valence-corrected chi connectivity index (χ2v) is 3.50. The van der Waals surface area contributed by atoms with Gasteiger partial charge < -0.3 is 5.73 Å². The summed E-state index contributed by atoms with van der Waals surface area (Å²) in [6.07, 6.45) is 8.91. The highest BCUT2D eigenvalue weighted by molar-refractivity contribution is 5.84. The minimum absolute atomic E-state index is 0.810. The Morgan fingerprint density at radius 3 is 2.50 bits per heavy atom. The van der Waals surface area contributed by atoms with Crippen LogP contribution in [0.1, 0.15) is 44.9 Å². The molecular weight excluding hydrogens is 148 g/mol. The molecule has 1 fully saturated rings. The fourth-order valence-electron chi connectivity index (χ4n) is 1.61. The Balaban J connectivity index is 2.08. The lowest BCUT2D eigenvalue weighted by Gasteiger charge is -2.11. The van der Waals surface area contributed by atoms with Gasteiger partial charge in [0.25, 0.3) is 0 Å². The van der Waals surface area contributed by atoms with Gasteiger partial charge in [0.2, 0.25) is 0 Å². The lowest BCUT2D eigenvalue weighted by atomic mass is 9.98. The first kappa shape index (κ1) is 9.72. The quantitative estimate of drug-likeness (QED) is 0.642. The van der Waals surface area contributed by atoms with Crippen LogP contribution >= 0.6 is 0 Å². The fourth-order valence-corrected chi connectivity index (χ4v) is 1.61. The molecule has 1 aliphatic rings. The molecule has 2 N–H and O–H groups in total. The van der Waals surface area contributed by atoms with Crippen molar-refractivity contribution in [3.63, 3.8) is 0 Å². The summed E-state index contributed by atoms with van der Waals surface area (Å²) >= 11 is 0. The minimum atomic E-state index is 0.810. The standard InChI is InChI=1S/C10H20N2/c11-8-4-5-9-12-10-6-2-1-3-7-10/h1-9,11H2. The van der Waals surface area contributed by atoms with Gasteiger partial charge >= 0.3 is 0 Å². The van der Waals surface area contributed by atoms with Crippen LogP contribution < -0.4 is 5.73 Å². The number of hydrogen-bond donors (Lipinski definition) is 1. The van der Waals surface area contributed by atoms with Gasteiger partial charge in [0.15, 0.2) is 0 Å². The normalized spacial score (nSPS) is 17.9. The summed E-state index contributed by atoms with van der Waals surface area (Å²) in [6, 6.07) is 0. The molecule has 0 aromatic carbocycles. The van der Waals surface area contributed by atoms with E-state index in [9.17, 15) is 0 Å². The van der Waals surface area contributed by atoms with Gasteiger partial charge in [-0.1, -0.05) is 6.42 Å². The molecule has 0 aromatic rings. The van der Waals surface area contributed by atoms with E-state index in [-0.39, 0.29) is 0 Å². The second kappa shape index (κ2) is 6.18. The molecule has 0 bridgehead atoms. The number of unbranched alkanes of at least 4 members (excludes halogenated alkanes) is 1. The number of hydrogen-bond acceptors (Lipinski definition) is 2. The predicted molar refractivity (Wildman–Crippen MR) is 53.7 cm³/mol. The highest BCUT2D eigenvalue weighted by Gasteiger charge is 2.05. The summed E-state index contributed by atoms with van der Waals surface area (Å²) < 4.78 is 0. The van der Waals surface area contributed by atoms with Gasteiger partial charge in [-0.2, -0.15) is 0 Å². The highest BCUT2D eigenvalue weighted by atomic mass is 14.7. The van der Waals surface area contributed by atoms with Crippen LogP contribution in [0.3, 0.4) is 0 Å². The molecule has 0 aromatic heterocycles. The summed E-state index contributed by atoms with van der Waals surface area (Å²) in [7, 11) is 0. The number of rotatable bonds is 4. The van der Waals surface area contributed by atoms with Gasteiger partial charge in [0, 0.05) is 12.3 Å². The first-order chi connectivity index (χ1) is 5.93. The van der Waals surface area contributed by atoms with Crippen molar-refractivity contribution in [2.75, 3.05) is 13.1 Å². The Morgan fingerprint density at radius 2 is 1.83 bits per heavy atom. The van der Waals surface area contributed by atoms with E-state index in [1.807, 2.05) is 0 Å². The van der Waals surface area contributed by atoms with Crippen LogP contribution in [0.2, 0.25) is 0 Å². The van der Waals surface area contributed by atoms with E-state index in [1.165, 1.54) is 44.2 Å². The monoisotopic (exact) mass is 168 g/mol. The Hall–Kier alpha value is -0.370. The van der Waals surface area contributed by atoms with Crippen molar-refractivity contribution in [1.29, 1.82) is 0 Å². The molecule has 0 radical (unpaired) electrons. The molecule has 0 amide bonds. The molecule has 1 rings (SSSR count). The molecule has 2 nitrogen and oxygen atoms in total. The number of aliphatic imine (C=N–C) groups is 1. The van der Waals surface area contributed by atoms with Crippen molar-refractivity contribution in [2.45, 2.75) is 44.9 Å². The first-order valence-electron chi connectivity index (χ1n) is 5.16. The third kappa shape index (κ3) is 3.86. The van der Waals surface area contributed by atoms with Gasteiger partial charge in [-0.25, -0.2) is 0 Å². The topological polar surface area (TPSA) is 38.4 Å². The largest absolute Gasteiger partial charge is 0.330 e. The van der Waals surface area contributed by atoms with Gasteiger partial charge in [-0.3, -0.25) is 4.99 Å². The van der Waals surface area contributed by atoms with Crippen molar-refractivity contribution in [2.24, 2.45) is 10.7 Å². The van der Waals surface area contributed by atoms with E-state index in [2.05, 4.69) is 4.99 Å². The van der Waals surface area contributed by atoms with Crippen LogP contribution in [-0.2, 0) is 0 Å². The van der Waals surface area contributed by atoms with Gasteiger partial charge in [0.1, 0.15) is 0 Å². The molecule has 0 spiro atoms. The summed E-state index contributed by atoms with van der Waals surface area (Å²) in [6.45, 7) is 1.82. The Bertz CT molecular complexity index is 133. The molecule has 2 heteroatoms. The smallest absolute Gasteiger partial charge is 0.0389 e. The molecular formula is C10H20N2. The van der Waals surface area contributed by atoms with Crippen molar-refractivity contribution in [1.82, 2.24) is 0 Å². The van der Waals surface area contributed by atoms with E-state index in [4.69, 9.17) is 5.73 Å². The third-order valence-corrected chi connectivity index (χ3v) is 2.38. The van der Waals surface area contributed by atoms with E-state index in [1.54, 1.807) is 0 Å². The summed E-state index contributed by atoms with van der Waals surface area (Å²) in [5.74, 6) is 0. The molecule has 70 valence electrons.